The van der Waals surface area contributed by atoms with Gasteiger partial charge < -0.3 is 25.2 Å². The van der Waals surface area contributed by atoms with Crippen LogP contribution in [0.2, 0.25) is 0 Å². The minimum absolute atomic E-state index is 0.0555. The van der Waals surface area contributed by atoms with Crippen molar-refractivity contribution in [2.24, 2.45) is 16.6 Å². The van der Waals surface area contributed by atoms with Gasteiger partial charge in [0.05, 0.1) is 18.9 Å². The lowest BCUT2D eigenvalue weighted by Gasteiger charge is -2.35. The quantitative estimate of drug-likeness (QED) is 0.414. The van der Waals surface area contributed by atoms with Crippen LogP contribution < -0.4 is 5.73 Å². The van der Waals surface area contributed by atoms with Crippen LogP contribution in [0.15, 0.2) is 63.9 Å². The minimum Gasteiger partial charge on any atom is -0.508 e. The zero-order valence-corrected chi connectivity index (χ0v) is 21.3. The van der Waals surface area contributed by atoms with Gasteiger partial charge in [0.1, 0.15) is 24.2 Å². The Labute approximate surface area is 212 Å². The number of allylic oxidation sites excluding steroid dienone is 4. The van der Waals surface area contributed by atoms with E-state index in [1.165, 1.54) is 11.8 Å². The van der Waals surface area contributed by atoms with Gasteiger partial charge in [-0.2, -0.15) is 0 Å². The molecule has 1 aromatic rings. The largest absolute Gasteiger partial charge is 0.508 e. The molecule has 1 saturated heterocycles. The van der Waals surface area contributed by atoms with Crippen molar-refractivity contribution in [2.75, 3.05) is 52.5 Å². The highest BCUT2D eigenvalue weighted by Gasteiger charge is 2.20. The van der Waals surface area contributed by atoms with Gasteiger partial charge in [-0.05, 0) is 35.6 Å². The van der Waals surface area contributed by atoms with Crippen LogP contribution in [0.4, 0.5) is 5.69 Å². The van der Waals surface area contributed by atoms with Gasteiger partial charge in [-0.25, -0.2) is 4.99 Å². The van der Waals surface area contributed by atoms with Gasteiger partial charge in [-0.1, -0.05) is 49.9 Å². The third kappa shape index (κ3) is 8.85. The number of amidine groups is 1. The van der Waals surface area contributed by atoms with E-state index in [9.17, 15) is 9.90 Å². The topological polar surface area (TPSA) is 101 Å². The molecule has 2 heterocycles. The number of phenolic OH excluding ortho intramolecular Hbond substituents is 1. The highest BCUT2D eigenvalue weighted by Crippen LogP contribution is 2.34. The summed E-state index contributed by atoms with van der Waals surface area (Å²) in [6.45, 7) is 9.31. The maximum Gasteiger partial charge on any atom is 0.323 e. The predicted octanol–water partition coefficient (Wildman–Crippen LogP) is 3.31. The fourth-order valence-corrected chi connectivity index (χ4v) is 4.26. The Bertz CT molecular complexity index is 953. The molecule has 190 valence electrons. The lowest BCUT2D eigenvalue weighted by atomic mass is 10.1. The van der Waals surface area contributed by atoms with E-state index >= 15 is 0 Å². The number of benzene rings is 1. The molecule has 9 heteroatoms. The Morgan fingerprint density at radius 3 is 2.66 bits per heavy atom. The van der Waals surface area contributed by atoms with Crippen molar-refractivity contribution in [1.82, 2.24) is 9.80 Å². The molecule has 2 aliphatic heterocycles. The van der Waals surface area contributed by atoms with Crippen molar-refractivity contribution < 1.29 is 19.4 Å². The van der Waals surface area contributed by atoms with E-state index < -0.39 is 6.04 Å². The van der Waals surface area contributed by atoms with Gasteiger partial charge >= 0.3 is 5.97 Å². The Morgan fingerprint density at radius 1 is 1.11 bits per heavy atom. The first-order chi connectivity index (χ1) is 16.9. The molecule has 1 atom stereocenters. The van der Waals surface area contributed by atoms with Crippen molar-refractivity contribution in [3.8, 4) is 5.75 Å². The van der Waals surface area contributed by atoms with Gasteiger partial charge in [-0.3, -0.25) is 9.69 Å². The second-order valence-electron chi connectivity index (χ2n) is 8.69. The fourth-order valence-electron chi connectivity index (χ4n) is 3.52. The van der Waals surface area contributed by atoms with E-state index in [2.05, 4.69) is 9.80 Å². The van der Waals surface area contributed by atoms with Gasteiger partial charge in [0.2, 0.25) is 0 Å². The number of hydrogen-bond donors (Lipinski definition) is 2. The Balaban J connectivity index is 1.46. The number of piperazine rings is 1. The number of phenols is 1. The third-order valence-electron chi connectivity index (χ3n) is 5.74. The number of carbonyl (C=O) groups excluding carboxylic acids is 1. The zero-order chi connectivity index (χ0) is 25.0. The van der Waals surface area contributed by atoms with Crippen molar-refractivity contribution in [3.63, 3.8) is 0 Å². The highest BCUT2D eigenvalue weighted by molar-refractivity contribution is 8.02. The summed E-state index contributed by atoms with van der Waals surface area (Å²) in [4.78, 5) is 22.2. The van der Waals surface area contributed by atoms with E-state index in [0.717, 1.165) is 49.1 Å². The van der Waals surface area contributed by atoms with Crippen LogP contribution in [-0.2, 0) is 14.3 Å². The molecule has 0 spiro atoms. The van der Waals surface area contributed by atoms with Crippen LogP contribution in [0.3, 0.4) is 0 Å². The highest BCUT2D eigenvalue weighted by atomic mass is 32.2. The predicted molar refractivity (Wildman–Crippen MR) is 141 cm³/mol. The van der Waals surface area contributed by atoms with Crippen LogP contribution in [0, 0.1) is 5.92 Å². The molecule has 1 fully saturated rings. The monoisotopic (exact) mass is 500 g/mol. The van der Waals surface area contributed by atoms with E-state index in [0.29, 0.717) is 13.2 Å². The number of esters is 1. The number of nitrogens with zero attached hydrogens (tertiary/aromatic N) is 3. The third-order valence-corrected chi connectivity index (χ3v) is 6.62. The fraction of sp³-hybridized carbons (Fsp3) is 0.462. The average molecular weight is 501 g/mol. The standard InChI is InChI=1S/C26H36N4O4S/c1-20(2)25(27)26(32)34-17-16-33-15-14-29-10-12-30(13-11-29)24-7-5-3-4-6-18-35-23-19-21(31)8-9-22(23)28-24/h3-9,18-20,25,31H,10-17,27H2,1-2H3/b4-3-,7-5?,18-6+,28-24?. The van der Waals surface area contributed by atoms with Crippen molar-refractivity contribution in [3.05, 3.63) is 54.0 Å². The maximum atomic E-state index is 11.8. The number of nitrogens with two attached hydrogens (primary N) is 1. The zero-order valence-electron chi connectivity index (χ0n) is 20.5. The molecule has 1 aromatic carbocycles. The number of thioether (sulfide) groups is 1. The van der Waals surface area contributed by atoms with E-state index in [4.69, 9.17) is 20.2 Å². The molecule has 0 aromatic heterocycles. The lowest BCUT2D eigenvalue weighted by Crippen LogP contribution is -2.49. The first-order valence-electron chi connectivity index (χ1n) is 12.0. The molecule has 0 saturated carbocycles. The molecule has 0 aliphatic carbocycles. The van der Waals surface area contributed by atoms with Crippen LogP contribution in [0.25, 0.3) is 0 Å². The molecular formula is C26H36N4O4S. The normalized spacial score (nSPS) is 19.4. The van der Waals surface area contributed by atoms with Crippen LogP contribution in [0.5, 0.6) is 5.75 Å². The average Bonchev–Trinajstić information content (AvgIpc) is 2.89. The van der Waals surface area contributed by atoms with E-state index in [1.54, 1.807) is 12.1 Å². The molecule has 8 nitrogen and oxygen atoms in total. The smallest absolute Gasteiger partial charge is 0.323 e. The Hall–Kier alpha value is -2.59. The molecule has 0 bridgehead atoms. The summed E-state index contributed by atoms with van der Waals surface area (Å²) < 4.78 is 10.8. The lowest BCUT2D eigenvalue weighted by molar-refractivity contribution is -0.147. The summed E-state index contributed by atoms with van der Waals surface area (Å²) in [5.41, 5.74) is 6.61. The summed E-state index contributed by atoms with van der Waals surface area (Å²) in [5.74, 6) is 0.814. The SMILES string of the molecule is CC(C)C(N)C(=O)OCCOCCN1CCN(C2=Nc3ccc(O)cc3S/C=C/C=C\C=C2)CC1. The molecule has 3 N–H and O–H groups in total. The molecular weight excluding hydrogens is 464 g/mol. The summed E-state index contributed by atoms with van der Waals surface area (Å²) in [5, 5.41) is 11.9. The number of carbonyl (C=O) groups is 1. The second kappa shape index (κ2) is 14.1. The van der Waals surface area contributed by atoms with Crippen LogP contribution in [-0.4, -0.2) is 85.3 Å². The second-order valence-corrected chi connectivity index (χ2v) is 9.64. The van der Waals surface area contributed by atoms with Crippen molar-refractivity contribution in [2.45, 2.75) is 24.8 Å². The summed E-state index contributed by atoms with van der Waals surface area (Å²) in [7, 11) is 0. The number of aromatic hydroxyl groups is 1. The Morgan fingerprint density at radius 2 is 1.89 bits per heavy atom. The number of rotatable bonds is 8. The molecule has 2 aliphatic rings. The summed E-state index contributed by atoms with van der Waals surface area (Å²) in [6.07, 6.45) is 9.97. The van der Waals surface area contributed by atoms with Crippen LogP contribution in [0.1, 0.15) is 13.8 Å². The van der Waals surface area contributed by atoms with Crippen molar-refractivity contribution in [1.29, 1.82) is 0 Å². The number of ether oxygens (including phenoxy) is 2. The molecule has 0 radical (unpaired) electrons. The number of fused-ring (bicyclic) bond motifs is 1. The summed E-state index contributed by atoms with van der Waals surface area (Å²) in [6, 6.07) is 4.68. The van der Waals surface area contributed by atoms with Gasteiger partial charge in [0, 0.05) is 37.6 Å². The van der Waals surface area contributed by atoms with Gasteiger partial charge in [0.15, 0.2) is 0 Å². The molecule has 35 heavy (non-hydrogen) atoms. The number of hydrogen-bond acceptors (Lipinski definition) is 9. The summed E-state index contributed by atoms with van der Waals surface area (Å²) >= 11 is 1.54. The first-order valence-corrected chi connectivity index (χ1v) is 12.9. The first kappa shape index (κ1) is 27.0. The maximum absolute atomic E-state index is 11.8. The van der Waals surface area contributed by atoms with E-state index in [1.807, 2.05) is 55.7 Å². The number of aliphatic imine (C=N–C) groups is 1. The minimum atomic E-state index is -0.589. The Kier molecular flexibility index (Phi) is 10.9. The molecule has 1 unspecified atom stereocenters. The van der Waals surface area contributed by atoms with Gasteiger partial charge in [-0.15, -0.1) is 0 Å². The molecule has 0 amide bonds. The van der Waals surface area contributed by atoms with E-state index in [-0.39, 0.29) is 24.2 Å². The van der Waals surface area contributed by atoms with Crippen LogP contribution >= 0.6 is 11.8 Å². The molecule has 3 rings (SSSR count). The van der Waals surface area contributed by atoms with Crippen molar-refractivity contribution >= 4 is 29.3 Å². The van der Waals surface area contributed by atoms with Gasteiger partial charge in [0.25, 0.3) is 0 Å².